The Hall–Kier alpha value is -0.780. The molecule has 0 radical (unpaired) electrons. The van der Waals surface area contributed by atoms with Crippen molar-refractivity contribution >= 4 is 21.6 Å². The Kier molecular flexibility index (Phi) is 4.94. The van der Waals surface area contributed by atoms with E-state index in [9.17, 15) is 8.42 Å². The molecular formula is C14H20ClNO3S. The molecule has 1 unspecified atom stereocenters. The van der Waals surface area contributed by atoms with E-state index in [-0.39, 0.29) is 5.92 Å². The van der Waals surface area contributed by atoms with Crippen LogP contribution in [0, 0.1) is 12.8 Å². The Morgan fingerprint density at radius 2 is 2.20 bits per heavy atom. The largest absolute Gasteiger partial charge is 0.493 e. The SMILES string of the molecule is Cc1ccc(Cl)cc1OCC1CCCN(S(C)(=O)=O)C1. The van der Waals surface area contributed by atoms with Gasteiger partial charge in [-0.2, -0.15) is 0 Å². The minimum absolute atomic E-state index is 0.233. The Balaban J connectivity index is 1.95. The van der Waals surface area contributed by atoms with E-state index >= 15 is 0 Å². The highest BCUT2D eigenvalue weighted by molar-refractivity contribution is 7.88. The molecule has 1 aromatic rings. The lowest BCUT2D eigenvalue weighted by atomic mass is 10.0. The average Bonchev–Trinajstić information content (AvgIpc) is 2.39. The lowest BCUT2D eigenvalue weighted by molar-refractivity contribution is 0.180. The van der Waals surface area contributed by atoms with Crippen LogP contribution in [0.4, 0.5) is 0 Å². The zero-order valence-corrected chi connectivity index (χ0v) is 13.4. The van der Waals surface area contributed by atoms with Crippen molar-refractivity contribution in [3.63, 3.8) is 0 Å². The summed E-state index contributed by atoms with van der Waals surface area (Å²) in [6, 6.07) is 5.55. The van der Waals surface area contributed by atoms with Crippen molar-refractivity contribution in [1.29, 1.82) is 0 Å². The first kappa shape index (κ1) is 15.6. The van der Waals surface area contributed by atoms with E-state index in [1.165, 1.54) is 10.6 Å². The quantitative estimate of drug-likeness (QED) is 0.857. The monoisotopic (exact) mass is 317 g/mol. The van der Waals surface area contributed by atoms with E-state index in [4.69, 9.17) is 16.3 Å². The van der Waals surface area contributed by atoms with Crippen LogP contribution in [-0.4, -0.2) is 38.7 Å². The molecule has 0 bridgehead atoms. The van der Waals surface area contributed by atoms with Crippen molar-refractivity contribution in [2.24, 2.45) is 5.92 Å². The molecule has 0 aliphatic carbocycles. The summed E-state index contributed by atoms with van der Waals surface area (Å²) in [4.78, 5) is 0. The number of hydrogen-bond donors (Lipinski definition) is 0. The number of aryl methyl sites for hydroxylation is 1. The van der Waals surface area contributed by atoms with Crippen molar-refractivity contribution in [3.8, 4) is 5.75 Å². The Morgan fingerprint density at radius 1 is 1.45 bits per heavy atom. The molecule has 1 atom stereocenters. The zero-order chi connectivity index (χ0) is 14.8. The smallest absolute Gasteiger partial charge is 0.211 e. The standard InChI is InChI=1S/C14H20ClNO3S/c1-11-5-6-13(15)8-14(11)19-10-12-4-3-7-16(9-12)20(2,17)18/h5-6,8,12H,3-4,7,9-10H2,1-2H3. The predicted molar refractivity (Wildman–Crippen MR) is 80.8 cm³/mol. The number of ether oxygens (including phenoxy) is 1. The van der Waals surface area contributed by atoms with Gasteiger partial charge in [-0.05, 0) is 37.5 Å². The first-order valence-corrected chi connectivity index (χ1v) is 8.93. The minimum atomic E-state index is -3.10. The van der Waals surface area contributed by atoms with Gasteiger partial charge in [-0.1, -0.05) is 17.7 Å². The number of nitrogens with zero attached hydrogens (tertiary/aromatic N) is 1. The summed E-state index contributed by atoms with van der Waals surface area (Å²) in [6.07, 6.45) is 3.14. The number of halogens is 1. The fraction of sp³-hybridized carbons (Fsp3) is 0.571. The fourth-order valence-electron chi connectivity index (χ4n) is 2.40. The van der Waals surface area contributed by atoms with Crippen LogP contribution in [0.1, 0.15) is 18.4 Å². The van der Waals surface area contributed by atoms with Gasteiger partial charge in [0.1, 0.15) is 5.75 Å². The van der Waals surface area contributed by atoms with E-state index in [1.54, 1.807) is 6.07 Å². The van der Waals surface area contributed by atoms with Crippen molar-refractivity contribution in [1.82, 2.24) is 4.31 Å². The molecule has 1 aromatic carbocycles. The lowest BCUT2D eigenvalue weighted by Gasteiger charge is -2.30. The second-order valence-corrected chi connectivity index (χ2v) is 7.77. The summed E-state index contributed by atoms with van der Waals surface area (Å²) >= 11 is 5.95. The third-order valence-electron chi connectivity index (χ3n) is 3.58. The van der Waals surface area contributed by atoms with E-state index in [1.807, 2.05) is 19.1 Å². The average molecular weight is 318 g/mol. The van der Waals surface area contributed by atoms with Gasteiger partial charge in [0.2, 0.25) is 10.0 Å². The van der Waals surface area contributed by atoms with Crippen molar-refractivity contribution in [3.05, 3.63) is 28.8 Å². The second kappa shape index (κ2) is 6.33. The topological polar surface area (TPSA) is 46.6 Å². The number of hydrogen-bond acceptors (Lipinski definition) is 3. The van der Waals surface area contributed by atoms with E-state index in [0.717, 1.165) is 24.2 Å². The first-order chi connectivity index (χ1) is 9.36. The molecule has 1 aliphatic heterocycles. The Labute approximate surface area is 125 Å². The molecule has 4 nitrogen and oxygen atoms in total. The third-order valence-corrected chi connectivity index (χ3v) is 5.08. The molecule has 6 heteroatoms. The molecule has 112 valence electrons. The minimum Gasteiger partial charge on any atom is -0.493 e. The van der Waals surface area contributed by atoms with Gasteiger partial charge >= 0.3 is 0 Å². The molecule has 1 heterocycles. The van der Waals surface area contributed by atoms with E-state index in [2.05, 4.69) is 0 Å². The molecule has 1 fully saturated rings. The summed E-state index contributed by atoms with van der Waals surface area (Å²) in [7, 11) is -3.10. The molecule has 0 spiro atoms. The molecule has 0 amide bonds. The van der Waals surface area contributed by atoms with Crippen molar-refractivity contribution in [2.45, 2.75) is 19.8 Å². The van der Waals surface area contributed by atoms with Gasteiger partial charge in [0.05, 0.1) is 12.9 Å². The van der Waals surface area contributed by atoms with Crippen LogP contribution < -0.4 is 4.74 Å². The van der Waals surface area contributed by atoms with Crippen LogP contribution in [0.15, 0.2) is 18.2 Å². The highest BCUT2D eigenvalue weighted by atomic mass is 35.5. The van der Waals surface area contributed by atoms with Crippen LogP contribution in [0.25, 0.3) is 0 Å². The maximum absolute atomic E-state index is 11.6. The predicted octanol–water partition coefficient (Wildman–Crippen LogP) is 2.70. The fourth-order valence-corrected chi connectivity index (χ4v) is 3.51. The number of piperidine rings is 1. The zero-order valence-electron chi connectivity index (χ0n) is 11.8. The van der Waals surface area contributed by atoms with Gasteiger partial charge in [-0.25, -0.2) is 12.7 Å². The summed E-state index contributed by atoms with van der Waals surface area (Å²) < 4.78 is 30.5. The van der Waals surface area contributed by atoms with Crippen molar-refractivity contribution < 1.29 is 13.2 Å². The molecule has 2 rings (SSSR count). The van der Waals surface area contributed by atoms with E-state index < -0.39 is 10.0 Å². The molecule has 1 saturated heterocycles. The first-order valence-electron chi connectivity index (χ1n) is 6.70. The summed E-state index contributed by atoms with van der Waals surface area (Å²) in [6.45, 7) is 3.65. The number of sulfonamides is 1. The van der Waals surface area contributed by atoms with Gasteiger partial charge in [-0.15, -0.1) is 0 Å². The molecular weight excluding hydrogens is 298 g/mol. The van der Waals surface area contributed by atoms with Gasteiger partial charge in [0.15, 0.2) is 0 Å². The van der Waals surface area contributed by atoms with Crippen LogP contribution in [0.2, 0.25) is 5.02 Å². The third kappa shape index (κ3) is 4.11. The maximum atomic E-state index is 11.6. The highest BCUT2D eigenvalue weighted by Crippen LogP contribution is 2.25. The summed E-state index contributed by atoms with van der Waals surface area (Å²) in [5.74, 6) is 1.01. The summed E-state index contributed by atoms with van der Waals surface area (Å²) in [5.41, 5.74) is 1.03. The van der Waals surface area contributed by atoms with E-state index in [0.29, 0.717) is 24.7 Å². The highest BCUT2D eigenvalue weighted by Gasteiger charge is 2.26. The van der Waals surface area contributed by atoms with Crippen LogP contribution >= 0.6 is 11.6 Å². The Morgan fingerprint density at radius 3 is 2.90 bits per heavy atom. The van der Waals surface area contributed by atoms with Gasteiger partial charge in [-0.3, -0.25) is 0 Å². The van der Waals surface area contributed by atoms with Gasteiger partial charge in [0, 0.05) is 24.0 Å². The van der Waals surface area contributed by atoms with Gasteiger partial charge < -0.3 is 4.74 Å². The molecule has 0 aromatic heterocycles. The second-order valence-electron chi connectivity index (χ2n) is 5.35. The Bertz CT molecular complexity index is 574. The maximum Gasteiger partial charge on any atom is 0.211 e. The normalized spacial score (nSPS) is 20.9. The molecule has 0 saturated carbocycles. The molecule has 20 heavy (non-hydrogen) atoms. The lowest BCUT2D eigenvalue weighted by Crippen LogP contribution is -2.40. The number of rotatable bonds is 4. The number of benzene rings is 1. The van der Waals surface area contributed by atoms with Gasteiger partial charge in [0.25, 0.3) is 0 Å². The van der Waals surface area contributed by atoms with Crippen LogP contribution in [0.5, 0.6) is 5.75 Å². The van der Waals surface area contributed by atoms with Crippen LogP contribution in [0.3, 0.4) is 0 Å². The molecule has 0 N–H and O–H groups in total. The van der Waals surface area contributed by atoms with Crippen LogP contribution in [-0.2, 0) is 10.0 Å². The summed E-state index contributed by atoms with van der Waals surface area (Å²) in [5, 5.41) is 0.645. The molecule has 1 aliphatic rings. The van der Waals surface area contributed by atoms with Crippen molar-refractivity contribution in [2.75, 3.05) is 26.0 Å².